The molecule has 0 unspecified atom stereocenters. The molecule has 0 amide bonds. The van der Waals surface area contributed by atoms with Crippen LogP contribution in [0.5, 0.6) is 5.75 Å². The Hall–Kier alpha value is -0.980. The molecule has 24 heavy (non-hydrogen) atoms. The number of benzene rings is 1. The molecule has 138 valence electrons. The van der Waals surface area contributed by atoms with Crippen molar-refractivity contribution in [2.45, 2.75) is 104 Å². The molecular formula is C23H40O. The number of aryl methyl sites for hydroxylation is 1. The smallest absolute Gasteiger partial charge is 0.119 e. The average Bonchev–Trinajstić information content (AvgIpc) is 2.60. The standard InChI is InChI=1S/C23H40O/c1-3-4-5-6-7-8-9-10-11-12-13-14-15-16-21-24-23-19-17-22(2)18-20-23/h17-20H,3-16,21H2,1-2H3. The molecule has 1 heteroatoms. The van der Waals surface area contributed by atoms with Crippen molar-refractivity contribution >= 4 is 0 Å². The van der Waals surface area contributed by atoms with Crippen molar-refractivity contribution in [2.24, 2.45) is 0 Å². The predicted molar refractivity (Wildman–Crippen MR) is 107 cm³/mol. The van der Waals surface area contributed by atoms with Crippen LogP contribution in [0.1, 0.15) is 102 Å². The van der Waals surface area contributed by atoms with E-state index >= 15 is 0 Å². The molecule has 0 N–H and O–H groups in total. The summed E-state index contributed by atoms with van der Waals surface area (Å²) in [6, 6.07) is 8.36. The third-order valence-electron chi connectivity index (χ3n) is 4.79. The normalized spacial score (nSPS) is 10.9. The van der Waals surface area contributed by atoms with Gasteiger partial charge in [0.2, 0.25) is 0 Å². The second-order valence-corrected chi connectivity index (χ2v) is 7.26. The van der Waals surface area contributed by atoms with Crippen LogP contribution in [0.25, 0.3) is 0 Å². The summed E-state index contributed by atoms with van der Waals surface area (Å²) in [5, 5.41) is 0. The van der Waals surface area contributed by atoms with Crippen molar-refractivity contribution in [3.8, 4) is 5.75 Å². The zero-order chi connectivity index (χ0) is 17.3. The first-order chi connectivity index (χ1) is 11.8. The summed E-state index contributed by atoms with van der Waals surface area (Å²) in [6.45, 7) is 5.26. The van der Waals surface area contributed by atoms with Crippen molar-refractivity contribution < 1.29 is 4.74 Å². The van der Waals surface area contributed by atoms with E-state index in [9.17, 15) is 0 Å². The SMILES string of the molecule is CCCCCCCCCCCCCCCCOc1ccc(C)cc1. The van der Waals surface area contributed by atoms with Gasteiger partial charge in [0.25, 0.3) is 0 Å². The van der Waals surface area contributed by atoms with Crippen molar-refractivity contribution in [3.05, 3.63) is 29.8 Å². The fourth-order valence-corrected chi connectivity index (χ4v) is 3.12. The van der Waals surface area contributed by atoms with E-state index in [-0.39, 0.29) is 0 Å². The van der Waals surface area contributed by atoms with Gasteiger partial charge in [-0.05, 0) is 25.5 Å². The summed E-state index contributed by atoms with van der Waals surface area (Å²) in [6.07, 6.45) is 19.6. The average molecular weight is 333 g/mol. The Balaban J connectivity index is 1.75. The van der Waals surface area contributed by atoms with Crippen LogP contribution in [-0.4, -0.2) is 6.61 Å². The molecule has 0 saturated carbocycles. The maximum atomic E-state index is 5.77. The van der Waals surface area contributed by atoms with Crippen LogP contribution >= 0.6 is 0 Å². The minimum atomic E-state index is 0.862. The minimum absolute atomic E-state index is 0.862. The highest BCUT2D eigenvalue weighted by Gasteiger charge is 1.95. The maximum Gasteiger partial charge on any atom is 0.119 e. The zero-order valence-corrected chi connectivity index (χ0v) is 16.3. The fraction of sp³-hybridized carbons (Fsp3) is 0.739. The fourth-order valence-electron chi connectivity index (χ4n) is 3.12. The van der Waals surface area contributed by atoms with Crippen LogP contribution in [0.4, 0.5) is 0 Å². The molecule has 0 heterocycles. The van der Waals surface area contributed by atoms with E-state index in [0.29, 0.717) is 0 Å². The van der Waals surface area contributed by atoms with Gasteiger partial charge in [-0.1, -0.05) is 108 Å². The molecule has 1 aromatic carbocycles. The van der Waals surface area contributed by atoms with Crippen LogP contribution in [-0.2, 0) is 0 Å². The number of unbranched alkanes of at least 4 members (excludes halogenated alkanes) is 13. The van der Waals surface area contributed by atoms with Crippen molar-refractivity contribution in [2.75, 3.05) is 6.61 Å². The van der Waals surface area contributed by atoms with Crippen LogP contribution in [0.15, 0.2) is 24.3 Å². The van der Waals surface area contributed by atoms with Gasteiger partial charge in [0.1, 0.15) is 5.75 Å². The monoisotopic (exact) mass is 332 g/mol. The predicted octanol–water partition coefficient (Wildman–Crippen LogP) is 7.86. The van der Waals surface area contributed by atoms with Gasteiger partial charge in [0.05, 0.1) is 6.61 Å². The Morgan fingerprint density at radius 2 is 1.00 bits per heavy atom. The minimum Gasteiger partial charge on any atom is -0.494 e. The van der Waals surface area contributed by atoms with Crippen LogP contribution < -0.4 is 4.74 Å². The van der Waals surface area contributed by atoms with E-state index in [1.54, 1.807) is 0 Å². The number of hydrogen-bond acceptors (Lipinski definition) is 1. The Kier molecular flexibility index (Phi) is 13.6. The Labute approximate surface area is 151 Å². The quantitative estimate of drug-likeness (QED) is 0.280. The van der Waals surface area contributed by atoms with Gasteiger partial charge in [0, 0.05) is 0 Å². The van der Waals surface area contributed by atoms with Gasteiger partial charge in [0.15, 0.2) is 0 Å². The molecule has 0 aromatic heterocycles. The number of rotatable bonds is 16. The second kappa shape index (κ2) is 15.5. The first kappa shape index (κ1) is 21.1. The highest BCUT2D eigenvalue weighted by atomic mass is 16.5. The molecule has 0 aliphatic rings. The zero-order valence-electron chi connectivity index (χ0n) is 16.3. The second-order valence-electron chi connectivity index (χ2n) is 7.26. The summed E-state index contributed by atoms with van der Waals surface area (Å²) >= 11 is 0. The lowest BCUT2D eigenvalue weighted by Gasteiger charge is -2.06. The summed E-state index contributed by atoms with van der Waals surface area (Å²) in [4.78, 5) is 0. The van der Waals surface area contributed by atoms with E-state index < -0.39 is 0 Å². The Morgan fingerprint density at radius 1 is 0.583 bits per heavy atom. The Morgan fingerprint density at radius 3 is 1.46 bits per heavy atom. The summed E-state index contributed by atoms with van der Waals surface area (Å²) in [7, 11) is 0. The molecule has 1 nitrogen and oxygen atoms in total. The highest BCUT2D eigenvalue weighted by Crippen LogP contribution is 2.14. The lowest BCUT2D eigenvalue weighted by atomic mass is 10.0. The topological polar surface area (TPSA) is 9.23 Å². The van der Waals surface area contributed by atoms with Crippen LogP contribution in [0.3, 0.4) is 0 Å². The van der Waals surface area contributed by atoms with E-state index in [4.69, 9.17) is 4.74 Å². The van der Waals surface area contributed by atoms with E-state index in [1.807, 2.05) is 0 Å². The molecule has 0 bridgehead atoms. The molecule has 0 aliphatic heterocycles. The van der Waals surface area contributed by atoms with Gasteiger partial charge < -0.3 is 4.74 Å². The van der Waals surface area contributed by atoms with E-state index in [0.717, 1.165) is 12.4 Å². The van der Waals surface area contributed by atoms with Gasteiger partial charge in [-0.2, -0.15) is 0 Å². The molecule has 0 spiro atoms. The largest absolute Gasteiger partial charge is 0.494 e. The van der Waals surface area contributed by atoms with E-state index in [2.05, 4.69) is 38.1 Å². The molecule has 0 fully saturated rings. The maximum absolute atomic E-state index is 5.77. The molecule has 0 aliphatic carbocycles. The molecule has 0 radical (unpaired) electrons. The van der Waals surface area contributed by atoms with Crippen molar-refractivity contribution in [1.29, 1.82) is 0 Å². The molecule has 0 atom stereocenters. The number of hydrogen-bond donors (Lipinski definition) is 0. The summed E-state index contributed by atoms with van der Waals surface area (Å²) in [5.41, 5.74) is 1.29. The van der Waals surface area contributed by atoms with Gasteiger partial charge in [-0.25, -0.2) is 0 Å². The number of ether oxygens (including phenoxy) is 1. The van der Waals surface area contributed by atoms with Crippen molar-refractivity contribution in [1.82, 2.24) is 0 Å². The third kappa shape index (κ3) is 12.4. The van der Waals surface area contributed by atoms with Gasteiger partial charge in [-0.15, -0.1) is 0 Å². The summed E-state index contributed by atoms with van der Waals surface area (Å²) in [5.74, 6) is 1.01. The molecule has 0 saturated heterocycles. The van der Waals surface area contributed by atoms with Crippen LogP contribution in [0, 0.1) is 6.92 Å². The van der Waals surface area contributed by atoms with Gasteiger partial charge >= 0.3 is 0 Å². The molecule has 1 aromatic rings. The van der Waals surface area contributed by atoms with Gasteiger partial charge in [-0.3, -0.25) is 0 Å². The lowest BCUT2D eigenvalue weighted by molar-refractivity contribution is 0.304. The third-order valence-corrected chi connectivity index (χ3v) is 4.79. The Bertz CT molecular complexity index is 368. The molecule has 1 rings (SSSR count). The van der Waals surface area contributed by atoms with E-state index in [1.165, 1.54) is 95.5 Å². The molecular weight excluding hydrogens is 292 g/mol. The van der Waals surface area contributed by atoms with Crippen molar-refractivity contribution in [3.63, 3.8) is 0 Å². The lowest BCUT2D eigenvalue weighted by Crippen LogP contribution is -1.97. The first-order valence-corrected chi connectivity index (χ1v) is 10.5. The summed E-state index contributed by atoms with van der Waals surface area (Å²) < 4.78 is 5.77. The first-order valence-electron chi connectivity index (χ1n) is 10.5. The highest BCUT2D eigenvalue weighted by molar-refractivity contribution is 5.26. The van der Waals surface area contributed by atoms with Crippen LogP contribution in [0.2, 0.25) is 0 Å².